The Morgan fingerprint density at radius 3 is 2.41 bits per heavy atom. The topological polar surface area (TPSA) is 70.9 Å². The van der Waals surface area contributed by atoms with Crippen molar-refractivity contribution in [2.75, 3.05) is 25.0 Å². The van der Waals surface area contributed by atoms with Crippen molar-refractivity contribution in [3.05, 3.63) is 41.7 Å². The summed E-state index contributed by atoms with van der Waals surface area (Å²) in [7, 11) is 2.05. The van der Waals surface area contributed by atoms with Gasteiger partial charge in [0.1, 0.15) is 17.7 Å². The maximum Gasteiger partial charge on any atom is 0.359 e. The van der Waals surface area contributed by atoms with E-state index in [1.807, 2.05) is 7.05 Å². The average molecular weight is 444 g/mol. The third kappa shape index (κ3) is 3.97. The Labute approximate surface area is 187 Å². The van der Waals surface area contributed by atoms with Gasteiger partial charge in [-0.25, -0.2) is 19.0 Å². The zero-order valence-electron chi connectivity index (χ0n) is 19.4. The number of fused-ring (bicyclic) bond motifs is 3. The highest BCUT2D eigenvalue weighted by Crippen LogP contribution is 2.35. The number of benzene rings is 1. The fourth-order valence-corrected chi connectivity index (χ4v) is 4.28. The molecule has 0 unspecified atom stereocenters. The molecule has 1 aromatic heterocycles. The molecule has 2 aliphatic rings. The summed E-state index contributed by atoms with van der Waals surface area (Å²) in [5.41, 5.74) is 1.08. The number of ether oxygens (including phenoxy) is 1. The Morgan fingerprint density at radius 2 is 1.78 bits per heavy atom. The third-order valence-corrected chi connectivity index (χ3v) is 6.12. The molecule has 2 amide bonds. The van der Waals surface area contributed by atoms with Gasteiger partial charge in [-0.2, -0.15) is 0 Å². The fourth-order valence-electron chi connectivity index (χ4n) is 4.28. The fraction of sp³-hybridized carbons (Fsp3) is 0.522. The molecule has 4 rings (SSSR count). The number of esters is 1. The van der Waals surface area contributed by atoms with Crippen molar-refractivity contribution < 1.29 is 18.7 Å². The zero-order chi connectivity index (χ0) is 23.4. The van der Waals surface area contributed by atoms with Crippen LogP contribution in [0, 0.1) is 5.82 Å². The first-order chi connectivity index (χ1) is 15.0. The van der Waals surface area contributed by atoms with E-state index >= 15 is 0 Å². The number of nitrogens with zero attached hydrogens (tertiary/aromatic N) is 5. The molecule has 0 aliphatic carbocycles. The highest BCUT2D eigenvalue weighted by Gasteiger charge is 2.37. The van der Waals surface area contributed by atoms with E-state index in [1.54, 1.807) is 36.3 Å². The second-order valence-corrected chi connectivity index (χ2v) is 9.68. The summed E-state index contributed by atoms with van der Waals surface area (Å²) in [5, 5.41) is 0. The number of imidazole rings is 1. The summed E-state index contributed by atoms with van der Waals surface area (Å²) >= 11 is 0. The second kappa shape index (κ2) is 7.88. The van der Waals surface area contributed by atoms with E-state index < -0.39 is 17.4 Å². The molecule has 9 heteroatoms. The predicted molar refractivity (Wildman–Crippen MR) is 119 cm³/mol. The van der Waals surface area contributed by atoms with Crippen molar-refractivity contribution in [1.82, 2.24) is 19.4 Å². The lowest BCUT2D eigenvalue weighted by atomic mass is 10.1. The van der Waals surface area contributed by atoms with Gasteiger partial charge < -0.3 is 9.64 Å². The number of urea groups is 1. The van der Waals surface area contributed by atoms with E-state index in [-0.39, 0.29) is 30.4 Å². The van der Waals surface area contributed by atoms with Gasteiger partial charge in [0.15, 0.2) is 5.69 Å². The number of carbonyl (C=O) groups is 2. The minimum atomic E-state index is -0.676. The van der Waals surface area contributed by atoms with Gasteiger partial charge in [0.25, 0.3) is 0 Å². The van der Waals surface area contributed by atoms with Crippen LogP contribution in [0.1, 0.15) is 50.8 Å². The van der Waals surface area contributed by atoms with Crippen LogP contribution in [0.4, 0.5) is 14.9 Å². The Hall–Kier alpha value is -2.94. The summed E-state index contributed by atoms with van der Waals surface area (Å²) < 4.78 is 21.4. The molecule has 2 aromatic rings. The smallest absolute Gasteiger partial charge is 0.359 e. The number of hydrogen-bond donors (Lipinski definition) is 0. The van der Waals surface area contributed by atoms with Gasteiger partial charge in [0.05, 0.1) is 23.6 Å². The lowest BCUT2D eigenvalue weighted by Crippen LogP contribution is -2.59. The summed E-state index contributed by atoms with van der Waals surface area (Å²) in [6.07, 6.45) is 1.52. The van der Waals surface area contributed by atoms with Crippen LogP contribution in [0.2, 0.25) is 0 Å². The summed E-state index contributed by atoms with van der Waals surface area (Å²) in [4.78, 5) is 36.3. The molecule has 2 aliphatic heterocycles. The number of piperazine rings is 1. The van der Waals surface area contributed by atoms with Crippen LogP contribution in [0.5, 0.6) is 0 Å². The van der Waals surface area contributed by atoms with E-state index in [1.165, 1.54) is 23.4 Å². The van der Waals surface area contributed by atoms with Crippen LogP contribution >= 0.6 is 0 Å². The van der Waals surface area contributed by atoms with Gasteiger partial charge in [-0.1, -0.05) is 0 Å². The Bertz CT molecular complexity index is 1050. The molecule has 1 fully saturated rings. The summed E-state index contributed by atoms with van der Waals surface area (Å²) in [6.45, 7) is 10.8. The first kappa shape index (κ1) is 22.3. The number of halogens is 1. The number of carbonyl (C=O) groups excluding carboxylic acids is 2. The maximum atomic E-state index is 14.2. The highest BCUT2D eigenvalue weighted by atomic mass is 19.1. The number of aromatic nitrogens is 2. The molecule has 0 radical (unpaired) electrons. The van der Waals surface area contributed by atoms with Crippen LogP contribution in [-0.2, 0) is 11.3 Å². The largest absolute Gasteiger partial charge is 0.455 e. The molecular formula is C23H30FN5O3. The SMILES string of the molecule is C[C@@H]1CN(C(=O)N2Cc3c(C(=O)OC(C)(C)C)ncn3-c3ccc(F)cc32)C[C@H](C)N1C. The Balaban J connectivity index is 1.73. The molecule has 1 aromatic carbocycles. The van der Waals surface area contributed by atoms with E-state index in [4.69, 9.17) is 4.74 Å². The van der Waals surface area contributed by atoms with Gasteiger partial charge in [0, 0.05) is 25.2 Å². The predicted octanol–water partition coefficient (Wildman–Crippen LogP) is 3.43. The van der Waals surface area contributed by atoms with Crippen LogP contribution in [0.15, 0.2) is 24.5 Å². The highest BCUT2D eigenvalue weighted by molar-refractivity contribution is 5.97. The molecule has 172 valence electrons. The first-order valence-corrected chi connectivity index (χ1v) is 10.8. The van der Waals surface area contributed by atoms with Crippen LogP contribution in [0.25, 0.3) is 5.69 Å². The number of hydrogen-bond acceptors (Lipinski definition) is 5. The average Bonchev–Trinajstić information content (AvgIpc) is 3.13. The molecule has 8 nitrogen and oxygen atoms in total. The van der Waals surface area contributed by atoms with Gasteiger partial charge in [-0.05, 0) is 59.9 Å². The molecule has 1 saturated heterocycles. The number of amides is 2. The van der Waals surface area contributed by atoms with Crippen LogP contribution in [0.3, 0.4) is 0 Å². The minimum Gasteiger partial charge on any atom is -0.455 e. The first-order valence-electron chi connectivity index (χ1n) is 10.8. The van der Waals surface area contributed by atoms with Gasteiger partial charge in [0.2, 0.25) is 0 Å². The molecule has 2 atom stereocenters. The molecule has 0 spiro atoms. The van der Waals surface area contributed by atoms with Crippen molar-refractivity contribution in [3.63, 3.8) is 0 Å². The zero-order valence-corrected chi connectivity index (χ0v) is 19.4. The molecular weight excluding hydrogens is 413 g/mol. The van der Waals surface area contributed by atoms with E-state index in [0.29, 0.717) is 30.2 Å². The normalized spacial score (nSPS) is 21.2. The standard InChI is InChI=1S/C23H30FN5O3/c1-14-10-27(11-15(2)26(14)6)22(31)28-12-19-20(21(30)32-23(3,4)5)25-13-29(19)17-8-7-16(24)9-18(17)28/h7-9,13-15H,10-12H2,1-6H3/t14-,15+. The summed E-state index contributed by atoms with van der Waals surface area (Å²) in [6, 6.07) is 4.47. The van der Waals surface area contributed by atoms with Gasteiger partial charge in [-0.15, -0.1) is 0 Å². The van der Waals surface area contributed by atoms with Crippen LogP contribution in [-0.4, -0.2) is 69.2 Å². The van der Waals surface area contributed by atoms with Crippen molar-refractivity contribution in [3.8, 4) is 5.69 Å². The molecule has 0 N–H and O–H groups in total. The molecule has 0 bridgehead atoms. The number of anilines is 1. The summed E-state index contributed by atoms with van der Waals surface area (Å²) in [5.74, 6) is -0.983. The second-order valence-electron chi connectivity index (χ2n) is 9.68. The lowest BCUT2D eigenvalue weighted by molar-refractivity contribution is 0.00619. The van der Waals surface area contributed by atoms with Gasteiger partial charge >= 0.3 is 12.0 Å². The van der Waals surface area contributed by atoms with Gasteiger partial charge in [-0.3, -0.25) is 14.4 Å². The van der Waals surface area contributed by atoms with E-state index in [2.05, 4.69) is 23.7 Å². The van der Waals surface area contributed by atoms with Crippen molar-refractivity contribution in [1.29, 1.82) is 0 Å². The van der Waals surface area contributed by atoms with Crippen LogP contribution < -0.4 is 4.90 Å². The quantitative estimate of drug-likeness (QED) is 0.632. The third-order valence-electron chi connectivity index (χ3n) is 6.12. The number of likely N-dealkylation sites (N-methyl/N-ethyl adjacent to an activating group) is 1. The van der Waals surface area contributed by atoms with Crippen molar-refractivity contribution in [2.24, 2.45) is 0 Å². The lowest BCUT2D eigenvalue weighted by Gasteiger charge is -2.44. The van der Waals surface area contributed by atoms with E-state index in [9.17, 15) is 14.0 Å². The van der Waals surface area contributed by atoms with E-state index in [0.717, 1.165) is 0 Å². The molecule has 32 heavy (non-hydrogen) atoms. The molecule has 3 heterocycles. The number of rotatable bonds is 1. The molecule has 0 saturated carbocycles. The Morgan fingerprint density at radius 1 is 1.12 bits per heavy atom. The Kier molecular flexibility index (Phi) is 5.48. The van der Waals surface area contributed by atoms with Crippen molar-refractivity contribution >= 4 is 17.7 Å². The van der Waals surface area contributed by atoms with Crippen molar-refractivity contribution in [2.45, 2.75) is 58.8 Å². The monoisotopic (exact) mass is 443 g/mol. The minimum absolute atomic E-state index is 0.0962. The maximum absolute atomic E-state index is 14.2.